The summed E-state index contributed by atoms with van der Waals surface area (Å²) in [4.78, 5) is 14.6. The number of rotatable bonds is 2. The number of hydrogen-bond donors (Lipinski definition) is 0. The number of amides is 1. The molecule has 2 aliphatic rings. The Hall–Kier alpha value is -1.32. The lowest BCUT2D eigenvalue weighted by molar-refractivity contribution is -0.136. The Morgan fingerprint density at radius 2 is 2.05 bits per heavy atom. The molecule has 0 aromatic carbocycles. The van der Waals surface area contributed by atoms with Gasteiger partial charge in [0.05, 0.1) is 6.20 Å². The van der Waals surface area contributed by atoms with Crippen LogP contribution in [0.15, 0.2) is 12.4 Å². The summed E-state index contributed by atoms with van der Waals surface area (Å²) < 4.78 is 1.85. The summed E-state index contributed by atoms with van der Waals surface area (Å²) in [6.07, 6.45) is 11.0. The number of aryl methyl sites for hydroxylation is 1. The molecule has 19 heavy (non-hydrogen) atoms. The van der Waals surface area contributed by atoms with Crippen LogP contribution in [-0.4, -0.2) is 33.7 Å². The van der Waals surface area contributed by atoms with Gasteiger partial charge in [-0.05, 0) is 31.2 Å². The topological polar surface area (TPSA) is 38.1 Å². The van der Waals surface area contributed by atoms with Gasteiger partial charge in [0, 0.05) is 38.2 Å². The minimum absolute atomic E-state index is 0.313. The summed E-state index contributed by atoms with van der Waals surface area (Å²) in [5, 5.41) is 4.25. The average molecular weight is 261 g/mol. The van der Waals surface area contributed by atoms with E-state index in [1.165, 1.54) is 24.8 Å². The number of likely N-dealkylation sites (tertiary alicyclic amines) is 1. The minimum atomic E-state index is 0.313. The summed E-state index contributed by atoms with van der Waals surface area (Å²) >= 11 is 0. The molecule has 1 amide bonds. The molecule has 1 aliphatic heterocycles. The first-order valence-corrected chi connectivity index (χ1v) is 7.51. The van der Waals surface area contributed by atoms with Crippen molar-refractivity contribution in [1.29, 1.82) is 0 Å². The molecular formula is C15H23N3O. The molecule has 1 atom stereocenters. The first kappa shape index (κ1) is 12.7. The highest BCUT2D eigenvalue weighted by Crippen LogP contribution is 2.31. The van der Waals surface area contributed by atoms with E-state index in [1.54, 1.807) is 0 Å². The smallest absolute Gasteiger partial charge is 0.225 e. The average Bonchev–Trinajstić information content (AvgIpc) is 3.09. The lowest BCUT2D eigenvalue weighted by Gasteiger charge is -2.34. The molecule has 104 valence electrons. The van der Waals surface area contributed by atoms with Crippen molar-refractivity contribution in [3.8, 4) is 0 Å². The van der Waals surface area contributed by atoms with Crippen LogP contribution >= 0.6 is 0 Å². The Kier molecular flexibility index (Phi) is 3.58. The molecule has 1 saturated carbocycles. The van der Waals surface area contributed by atoms with Crippen molar-refractivity contribution < 1.29 is 4.79 Å². The van der Waals surface area contributed by atoms with E-state index in [0.29, 0.717) is 17.7 Å². The maximum absolute atomic E-state index is 12.5. The van der Waals surface area contributed by atoms with Crippen molar-refractivity contribution in [2.45, 2.75) is 44.4 Å². The third-order valence-electron chi connectivity index (χ3n) is 4.63. The molecule has 1 saturated heterocycles. The van der Waals surface area contributed by atoms with Gasteiger partial charge in [-0.1, -0.05) is 12.8 Å². The molecule has 3 rings (SSSR count). The lowest BCUT2D eigenvalue weighted by Crippen LogP contribution is -2.41. The van der Waals surface area contributed by atoms with E-state index in [1.807, 2.05) is 17.9 Å². The van der Waals surface area contributed by atoms with Gasteiger partial charge in [0.1, 0.15) is 0 Å². The highest BCUT2D eigenvalue weighted by atomic mass is 16.2. The molecular weight excluding hydrogens is 238 g/mol. The van der Waals surface area contributed by atoms with Gasteiger partial charge in [0.2, 0.25) is 5.91 Å². The highest BCUT2D eigenvalue weighted by Gasteiger charge is 2.31. The van der Waals surface area contributed by atoms with E-state index in [4.69, 9.17) is 0 Å². The maximum Gasteiger partial charge on any atom is 0.225 e. The third kappa shape index (κ3) is 2.67. The van der Waals surface area contributed by atoms with Gasteiger partial charge in [-0.15, -0.1) is 0 Å². The second kappa shape index (κ2) is 5.35. The zero-order valence-electron chi connectivity index (χ0n) is 11.7. The molecule has 4 heteroatoms. The number of piperidine rings is 1. The van der Waals surface area contributed by atoms with Gasteiger partial charge in [0.15, 0.2) is 0 Å². The Bertz CT molecular complexity index is 448. The molecule has 0 spiro atoms. The molecule has 1 aromatic rings. The lowest BCUT2D eigenvalue weighted by atomic mass is 9.92. The van der Waals surface area contributed by atoms with Gasteiger partial charge >= 0.3 is 0 Å². The van der Waals surface area contributed by atoms with E-state index in [0.717, 1.165) is 32.4 Å². The number of nitrogens with zero attached hydrogens (tertiary/aromatic N) is 3. The molecule has 0 bridgehead atoms. The second-order valence-corrected chi connectivity index (χ2v) is 6.05. The van der Waals surface area contributed by atoms with E-state index in [2.05, 4.69) is 16.2 Å². The van der Waals surface area contributed by atoms with E-state index in [9.17, 15) is 4.79 Å². The Labute approximate surface area is 114 Å². The predicted molar refractivity (Wildman–Crippen MR) is 73.7 cm³/mol. The number of aromatic nitrogens is 2. The van der Waals surface area contributed by atoms with Crippen LogP contribution in [0, 0.1) is 5.92 Å². The first-order chi connectivity index (χ1) is 9.24. The van der Waals surface area contributed by atoms with Crippen LogP contribution in [-0.2, 0) is 11.8 Å². The van der Waals surface area contributed by atoms with Gasteiger partial charge in [0.25, 0.3) is 0 Å². The van der Waals surface area contributed by atoms with E-state index in [-0.39, 0.29) is 0 Å². The van der Waals surface area contributed by atoms with Crippen molar-refractivity contribution in [3.05, 3.63) is 18.0 Å². The zero-order valence-corrected chi connectivity index (χ0v) is 11.7. The fourth-order valence-corrected chi connectivity index (χ4v) is 3.53. The van der Waals surface area contributed by atoms with Gasteiger partial charge in [-0.2, -0.15) is 5.10 Å². The van der Waals surface area contributed by atoms with Crippen LogP contribution in [0.2, 0.25) is 0 Å². The molecule has 0 radical (unpaired) electrons. The van der Waals surface area contributed by atoms with Crippen LogP contribution < -0.4 is 0 Å². The maximum atomic E-state index is 12.5. The van der Waals surface area contributed by atoms with Crippen LogP contribution in [0.4, 0.5) is 0 Å². The second-order valence-electron chi connectivity index (χ2n) is 6.05. The summed E-state index contributed by atoms with van der Waals surface area (Å²) in [6.45, 7) is 1.84. The number of carbonyl (C=O) groups excluding carboxylic acids is 1. The van der Waals surface area contributed by atoms with Gasteiger partial charge < -0.3 is 4.90 Å². The predicted octanol–water partition coefficient (Wildman–Crippen LogP) is 2.32. The molecule has 1 unspecified atom stereocenters. The number of hydrogen-bond acceptors (Lipinski definition) is 2. The Balaban J connectivity index is 1.65. The SMILES string of the molecule is Cn1cc(C2CCCN(C(=O)C3CCCC3)C2)cn1. The first-order valence-electron chi connectivity index (χ1n) is 7.51. The van der Waals surface area contributed by atoms with Crippen molar-refractivity contribution in [3.63, 3.8) is 0 Å². The van der Waals surface area contributed by atoms with E-state index < -0.39 is 0 Å². The quantitative estimate of drug-likeness (QED) is 0.819. The molecule has 2 heterocycles. The van der Waals surface area contributed by atoms with Crippen molar-refractivity contribution >= 4 is 5.91 Å². The summed E-state index contributed by atoms with van der Waals surface area (Å²) in [7, 11) is 1.95. The largest absolute Gasteiger partial charge is 0.342 e. The monoisotopic (exact) mass is 261 g/mol. The highest BCUT2D eigenvalue weighted by molar-refractivity contribution is 5.79. The summed E-state index contributed by atoms with van der Waals surface area (Å²) in [6, 6.07) is 0. The van der Waals surface area contributed by atoms with Gasteiger partial charge in [-0.3, -0.25) is 9.48 Å². The van der Waals surface area contributed by atoms with Crippen molar-refractivity contribution in [2.24, 2.45) is 13.0 Å². The molecule has 0 N–H and O–H groups in total. The van der Waals surface area contributed by atoms with Crippen LogP contribution in [0.3, 0.4) is 0 Å². The zero-order chi connectivity index (χ0) is 13.2. The molecule has 1 aromatic heterocycles. The summed E-state index contributed by atoms with van der Waals surface area (Å²) in [5.74, 6) is 1.20. The number of carbonyl (C=O) groups is 1. The fourth-order valence-electron chi connectivity index (χ4n) is 3.53. The fraction of sp³-hybridized carbons (Fsp3) is 0.733. The van der Waals surface area contributed by atoms with Gasteiger partial charge in [-0.25, -0.2) is 0 Å². The normalized spacial score (nSPS) is 24.9. The molecule has 2 fully saturated rings. The van der Waals surface area contributed by atoms with Crippen LogP contribution in [0.25, 0.3) is 0 Å². The standard InChI is InChI=1S/C15H23N3O/c1-17-10-14(9-16-17)13-7-4-8-18(11-13)15(19)12-5-2-3-6-12/h9-10,12-13H,2-8,11H2,1H3. The van der Waals surface area contributed by atoms with Crippen LogP contribution in [0.5, 0.6) is 0 Å². The third-order valence-corrected chi connectivity index (χ3v) is 4.63. The molecule has 1 aliphatic carbocycles. The Morgan fingerprint density at radius 1 is 1.26 bits per heavy atom. The Morgan fingerprint density at radius 3 is 2.74 bits per heavy atom. The van der Waals surface area contributed by atoms with Crippen LogP contribution in [0.1, 0.15) is 50.0 Å². The minimum Gasteiger partial charge on any atom is -0.342 e. The van der Waals surface area contributed by atoms with E-state index >= 15 is 0 Å². The molecule has 4 nitrogen and oxygen atoms in total. The van der Waals surface area contributed by atoms with Crippen molar-refractivity contribution in [2.75, 3.05) is 13.1 Å². The van der Waals surface area contributed by atoms with Crippen molar-refractivity contribution in [1.82, 2.24) is 14.7 Å². The summed E-state index contributed by atoms with van der Waals surface area (Å²) in [5.41, 5.74) is 1.28.